The summed E-state index contributed by atoms with van der Waals surface area (Å²) in [5.41, 5.74) is 1.10. The van der Waals surface area contributed by atoms with Crippen LogP contribution in [0.25, 0.3) is 0 Å². The van der Waals surface area contributed by atoms with E-state index in [9.17, 15) is 4.79 Å². The van der Waals surface area contributed by atoms with Crippen molar-refractivity contribution in [1.29, 1.82) is 0 Å². The number of rotatable bonds is 5. The van der Waals surface area contributed by atoms with E-state index in [0.717, 1.165) is 71.1 Å². The first kappa shape index (κ1) is 16.4. The van der Waals surface area contributed by atoms with E-state index in [2.05, 4.69) is 9.80 Å². The van der Waals surface area contributed by atoms with Gasteiger partial charge in [0, 0.05) is 52.4 Å². The molecule has 23 heavy (non-hydrogen) atoms. The highest BCUT2D eigenvalue weighted by Crippen LogP contribution is 2.07. The molecule has 0 aliphatic carbocycles. The number of ether oxygens (including phenoxy) is 1. The van der Waals surface area contributed by atoms with Gasteiger partial charge in [0.15, 0.2) is 0 Å². The molecule has 2 aliphatic heterocycles. The van der Waals surface area contributed by atoms with Crippen LogP contribution in [0.5, 0.6) is 0 Å². The maximum Gasteiger partial charge on any atom is 0.227 e. The summed E-state index contributed by atoms with van der Waals surface area (Å²) in [6.45, 7) is 9.73. The largest absolute Gasteiger partial charge is 0.379 e. The molecule has 2 aliphatic rings. The number of carbonyl (C=O) groups is 1. The van der Waals surface area contributed by atoms with E-state index in [1.807, 2.05) is 35.2 Å². The second-order valence-electron chi connectivity index (χ2n) is 6.34. The Labute approximate surface area is 138 Å². The lowest BCUT2D eigenvalue weighted by atomic mass is 10.1. The van der Waals surface area contributed by atoms with Crippen LogP contribution in [0.3, 0.4) is 0 Å². The van der Waals surface area contributed by atoms with E-state index in [0.29, 0.717) is 6.42 Å². The summed E-state index contributed by atoms with van der Waals surface area (Å²) in [5.74, 6) is 0.254. The van der Waals surface area contributed by atoms with Crippen molar-refractivity contribution < 1.29 is 9.53 Å². The van der Waals surface area contributed by atoms with E-state index < -0.39 is 0 Å². The smallest absolute Gasteiger partial charge is 0.227 e. The third-order valence-corrected chi connectivity index (χ3v) is 4.76. The summed E-state index contributed by atoms with van der Waals surface area (Å²) < 4.78 is 5.38. The quantitative estimate of drug-likeness (QED) is 0.801. The van der Waals surface area contributed by atoms with Crippen molar-refractivity contribution in [3.8, 4) is 0 Å². The second kappa shape index (κ2) is 8.43. The lowest BCUT2D eigenvalue weighted by Crippen LogP contribution is -2.51. The van der Waals surface area contributed by atoms with Gasteiger partial charge in [0.05, 0.1) is 19.6 Å². The average Bonchev–Trinajstić information content (AvgIpc) is 2.62. The molecule has 0 radical (unpaired) electrons. The Balaban J connectivity index is 1.37. The number of piperazine rings is 1. The minimum atomic E-state index is 0.254. The Morgan fingerprint density at radius 3 is 2.13 bits per heavy atom. The molecule has 2 fully saturated rings. The van der Waals surface area contributed by atoms with E-state index >= 15 is 0 Å². The van der Waals surface area contributed by atoms with Crippen LogP contribution in [0.4, 0.5) is 0 Å². The highest BCUT2D eigenvalue weighted by molar-refractivity contribution is 5.78. The molecule has 0 saturated carbocycles. The van der Waals surface area contributed by atoms with Gasteiger partial charge in [-0.05, 0) is 5.56 Å². The molecule has 126 valence electrons. The van der Waals surface area contributed by atoms with E-state index in [-0.39, 0.29) is 5.91 Å². The number of hydrogen-bond acceptors (Lipinski definition) is 4. The fourth-order valence-electron chi connectivity index (χ4n) is 3.21. The first-order valence-electron chi connectivity index (χ1n) is 8.65. The molecular formula is C18H27N3O2. The number of nitrogens with zero attached hydrogens (tertiary/aromatic N) is 3. The van der Waals surface area contributed by atoms with Gasteiger partial charge in [0.1, 0.15) is 0 Å². The highest BCUT2D eigenvalue weighted by atomic mass is 16.5. The molecule has 0 atom stereocenters. The lowest BCUT2D eigenvalue weighted by Gasteiger charge is -2.36. The molecule has 1 aromatic carbocycles. The third-order valence-electron chi connectivity index (χ3n) is 4.76. The maximum absolute atomic E-state index is 12.4. The van der Waals surface area contributed by atoms with Gasteiger partial charge in [0.25, 0.3) is 0 Å². The van der Waals surface area contributed by atoms with Crippen LogP contribution in [0.15, 0.2) is 30.3 Å². The second-order valence-corrected chi connectivity index (χ2v) is 6.34. The first-order valence-corrected chi connectivity index (χ1v) is 8.65. The summed E-state index contributed by atoms with van der Waals surface area (Å²) in [4.78, 5) is 19.3. The van der Waals surface area contributed by atoms with Crippen molar-refractivity contribution in [3.05, 3.63) is 35.9 Å². The number of hydrogen-bond donors (Lipinski definition) is 0. The normalized spacial score (nSPS) is 20.6. The molecule has 0 aromatic heterocycles. The molecular weight excluding hydrogens is 290 g/mol. The van der Waals surface area contributed by atoms with Crippen LogP contribution in [-0.2, 0) is 16.0 Å². The molecule has 1 aromatic rings. The predicted octanol–water partition coefficient (Wildman–Crippen LogP) is 0.706. The van der Waals surface area contributed by atoms with E-state index in [4.69, 9.17) is 4.74 Å². The Bertz CT molecular complexity index is 480. The Kier molecular flexibility index (Phi) is 6.02. The van der Waals surface area contributed by atoms with Crippen molar-refractivity contribution in [2.45, 2.75) is 6.42 Å². The SMILES string of the molecule is O=C(Cc1ccccc1)N1CCN(CCN2CCOCC2)CC1. The molecule has 5 nitrogen and oxygen atoms in total. The average molecular weight is 317 g/mol. The first-order chi connectivity index (χ1) is 11.3. The van der Waals surface area contributed by atoms with Crippen molar-refractivity contribution in [3.63, 3.8) is 0 Å². The van der Waals surface area contributed by atoms with Crippen molar-refractivity contribution >= 4 is 5.91 Å². The van der Waals surface area contributed by atoms with Crippen LogP contribution in [0.1, 0.15) is 5.56 Å². The molecule has 5 heteroatoms. The number of benzene rings is 1. The Morgan fingerprint density at radius 1 is 0.870 bits per heavy atom. The number of morpholine rings is 1. The summed E-state index contributed by atoms with van der Waals surface area (Å²) in [7, 11) is 0. The molecule has 1 amide bonds. The molecule has 0 unspecified atom stereocenters. The topological polar surface area (TPSA) is 36.0 Å². The van der Waals surface area contributed by atoms with Gasteiger partial charge in [-0.1, -0.05) is 30.3 Å². The standard InChI is InChI=1S/C18H27N3O2/c22-18(16-17-4-2-1-3-5-17)21-10-8-19(9-11-21)6-7-20-12-14-23-15-13-20/h1-5H,6-16H2. The summed E-state index contributed by atoms with van der Waals surface area (Å²) in [6, 6.07) is 10.0. The minimum Gasteiger partial charge on any atom is -0.379 e. The van der Waals surface area contributed by atoms with Crippen molar-refractivity contribution in [1.82, 2.24) is 14.7 Å². The molecule has 2 saturated heterocycles. The molecule has 3 rings (SSSR count). The van der Waals surface area contributed by atoms with Gasteiger partial charge in [0.2, 0.25) is 5.91 Å². The zero-order valence-corrected chi connectivity index (χ0v) is 13.8. The number of amides is 1. The predicted molar refractivity (Wildman–Crippen MR) is 90.4 cm³/mol. The van der Waals surface area contributed by atoms with Gasteiger partial charge >= 0.3 is 0 Å². The van der Waals surface area contributed by atoms with Gasteiger partial charge in [-0.15, -0.1) is 0 Å². The zero-order valence-electron chi connectivity index (χ0n) is 13.8. The maximum atomic E-state index is 12.4. The van der Waals surface area contributed by atoms with Crippen molar-refractivity contribution in [2.75, 3.05) is 65.6 Å². The van der Waals surface area contributed by atoms with Crippen molar-refractivity contribution in [2.24, 2.45) is 0 Å². The summed E-state index contributed by atoms with van der Waals surface area (Å²) >= 11 is 0. The summed E-state index contributed by atoms with van der Waals surface area (Å²) in [6.07, 6.45) is 0.522. The molecule has 0 spiro atoms. The molecule has 0 N–H and O–H groups in total. The highest BCUT2D eigenvalue weighted by Gasteiger charge is 2.21. The van der Waals surface area contributed by atoms with Crippen LogP contribution < -0.4 is 0 Å². The Hall–Kier alpha value is -1.43. The minimum absolute atomic E-state index is 0.254. The van der Waals surface area contributed by atoms with Gasteiger partial charge in [-0.2, -0.15) is 0 Å². The monoisotopic (exact) mass is 317 g/mol. The molecule has 0 bridgehead atoms. The Morgan fingerprint density at radius 2 is 1.48 bits per heavy atom. The van der Waals surface area contributed by atoms with Gasteiger partial charge < -0.3 is 9.64 Å². The molecule has 2 heterocycles. The van der Waals surface area contributed by atoms with Crippen LogP contribution in [-0.4, -0.2) is 86.2 Å². The van der Waals surface area contributed by atoms with Crippen LogP contribution in [0, 0.1) is 0 Å². The lowest BCUT2D eigenvalue weighted by molar-refractivity contribution is -0.132. The van der Waals surface area contributed by atoms with E-state index in [1.54, 1.807) is 0 Å². The fraction of sp³-hybridized carbons (Fsp3) is 0.611. The zero-order chi connectivity index (χ0) is 15.9. The van der Waals surface area contributed by atoms with Crippen LogP contribution in [0.2, 0.25) is 0 Å². The van der Waals surface area contributed by atoms with Gasteiger partial charge in [-0.25, -0.2) is 0 Å². The van der Waals surface area contributed by atoms with Crippen LogP contribution >= 0.6 is 0 Å². The third kappa shape index (κ3) is 5.03. The van der Waals surface area contributed by atoms with Gasteiger partial charge in [-0.3, -0.25) is 14.6 Å². The number of carbonyl (C=O) groups excluding carboxylic acids is 1. The fourth-order valence-corrected chi connectivity index (χ4v) is 3.21. The van der Waals surface area contributed by atoms with E-state index in [1.165, 1.54) is 0 Å². The summed E-state index contributed by atoms with van der Waals surface area (Å²) in [5, 5.41) is 0.